The van der Waals surface area contributed by atoms with Gasteiger partial charge in [0, 0.05) is 0 Å². The molecule has 1 fully saturated rings. The maximum Gasteiger partial charge on any atom is -0.00258 e. The molecule has 0 aromatic heterocycles. The molecule has 0 heterocycles. The van der Waals surface area contributed by atoms with Crippen molar-refractivity contribution in [1.82, 2.24) is 5.32 Å². The van der Waals surface area contributed by atoms with Crippen LogP contribution in [-0.4, -0.2) is 13.1 Å². The SMILES string of the molecule is CC(C)CNCCCC1CCCCC1. The first-order valence-electron chi connectivity index (χ1n) is 6.49. The van der Waals surface area contributed by atoms with Crippen LogP contribution in [-0.2, 0) is 0 Å². The third kappa shape index (κ3) is 5.64. The second kappa shape index (κ2) is 7.28. The zero-order chi connectivity index (χ0) is 10.2. The van der Waals surface area contributed by atoms with Crippen molar-refractivity contribution in [3.05, 3.63) is 0 Å². The molecule has 1 heteroatoms. The molecule has 0 radical (unpaired) electrons. The summed E-state index contributed by atoms with van der Waals surface area (Å²) in [5, 5.41) is 3.52. The summed E-state index contributed by atoms with van der Waals surface area (Å²) >= 11 is 0. The molecular weight excluding hydrogens is 170 g/mol. The molecule has 1 aliphatic carbocycles. The van der Waals surface area contributed by atoms with Crippen LogP contribution in [0.25, 0.3) is 0 Å². The first kappa shape index (κ1) is 12.0. The van der Waals surface area contributed by atoms with Gasteiger partial charge in [0.2, 0.25) is 0 Å². The van der Waals surface area contributed by atoms with Crippen LogP contribution in [0.2, 0.25) is 0 Å². The van der Waals surface area contributed by atoms with Crippen LogP contribution >= 0.6 is 0 Å². The average Bonchev–Trinajstić information content (AvgIpc) is 2.18. The van der Waals surface area contributed by atoms with Gasteiger partial charge in [-0.25, -0.2) is 0 Å². The van der Waals surface area contributed by atoms with Crippen molar-refractivity contribution in [3.63, 3.8) is 0 Å². The van der Waals surface area contributed by atoms with Crippen LogP contribution in [0, 0.1) is 11.8 Å². The molecule has 0 aromatic rings. The summed E-state index contributed by atoms with van der Waals surface area (Å²) in [5.74, 6) is 1.86. The van der Waals surface area contributed by atoms with Crippen LogP contribution in [0.4, 0.5) is 0 Å². The quantitative estimate of drug-likeness (QED) is 0.642. The van der Waals surface area contributed by atoms with E-state index >= 15 is 0 Å². The Morgan fingerprint density at radius 2 is 1.86 bits per heavy atom. The van der Waals surface area contributed by atoms with Gasteiger partial charge in [-0.15, -0.1) is 0 Å². The largest absolute Gasteiger partial charge is 0.316 e. The standard InChI is InChI=1S/C13H27N/c1-12(2)11-14-10-6-9-13-7-4-3-5-8-13/h12-14H,3-11H2,1-2H3. The third-order valence-electron chi connectivity index (χ3n) is 3.24. The van der Waals surface area contributed by atoms with E-state index in [1.807, 2.05) is 0 Å². The summed E-state index contributed by atoms with van der Waals surface area (Å²) in [6, 6.07) is 0. The van der Waals surface area contributed by atoms with Gasteiger partial charge in [0.15, 0.2) is 0 Å². The van der Waals surface area contributed by atoms with Crippen LogP contribution in [0.15, 0.2) is 0 Å². The van der Waals surface area contributed by atoms with Crippen molar-refractivity contribution < 1.29 is 0 Å². The summed E-state index contributed by atoms with van der Waals surface area (Å²) in [6.45, 7) is 6.96. The Hall–Kier alpha value is -0.0400. The molecule has 0 aromatic carbocycles. The number of rotatable bonds is 6. The van der Waals surface area contributed by atoms with E-state index in [1.165, 1.54) is 58.0 Å². The van der Waals surface area contributed by atoms with E-state index in [-0.39, 0.29) is 0 Å². The molecule has 0 amide bonds. The summed E-state index contributed by atoms with van der Waals surface area (Å²) in [4.78, 5) is 0. The van der Waals surface area contributed by atoms with E-state index in [0.717, 1.165) is 11.8 Å². The van der Waals surface area contributed by atoms with Gasteiger partial charge in [-0.05, 0) is 37.8 Å². The maximum absolute atomic E-state index is 3.52. The van der Waals surface area contributed by atoms with E-state index in [1.54, 1.807) is 0 Å². The van der Waals surface area contributed by atoms with Gasteiger partial charge >= 0.3 is 0 Å². The minimum absolute atomic E-state index is 0.796. The monoisotopic (exact) mass is 197 g/mol. The van der Waals surface area contributed by atoms with Gasteiger partial charge in [0.1, 0.15) is 0 Å². The lowest BCUT2D eigenvalue weighted by Gasteiger charge is -2.21. The van der Waals surface area contributed by atoms with E-state index in [9.17, 15) is 0 Å². The lowest BCUT2D eigenvalue weighted by atomic mass is 9.86. The second-order valence-corrected chi connectivity index (χ2v) is 5.24. The first-order chi connectivity index (χ1) is 6.79. The molecule has 0 bridgehead atoms. The minimum Gasteiger partial charge on any atom is -0.316 e. The average molecular weight is 197 g/mol. The van der Waals surface area contributed by atoms with Crippen LogP contribution in [0.5, 0.6) is 0 Å². The summed E-state index contributed by atoms with van der Waals surface area (Å²) < 4.78 is 0. The molecule has 0 spiro atoms. The van der Waals surface area contributed by atoms with Gasteiger partial charge in [0.25, 0.3) is 0 Å². The van der Waals surface area contributed by atoms with Gasteiger partial charge in [0.05, 0.1) is 0 Å². The fourth-order valence-corrected chi connectivity index (χ4v) is 2.38. The summed E-state index contributed by atoms with van der Waals surface area (Å²) in [5.41, 5.74) is 0. The Balaban J connectivity index is 1.87. The number of hydrogen-bond donors (Lipinski definition) is 1. The highest BCUT2D eigenvalue weighted by molar-refractivity contribution is 4.66. The van der Waals surface area contributed by atoms with Crippen molar-refractivity contribution >= 4 is 0 Å². The maximum atomic E-state index is 3.52. The van der Waals surface area contributed by atoms with Crippen LogP contribution < -0.4 is 5.32 Å². The Bertz CT molecular complexity index is 125. The zero-order valence-electron chi connectivity index (χ0n) is 10.0. The molecule has 1 aliphatic rings. The molecule has 84 valence electrons. The van der Waals surface area contributed by atoms with Gasteiger partial charge in [-0.3, -0.25) is 0 Å². The van der Waals surface area contributed by atoms with Crippen molar-refractivity contribution in [2.45, 2.75) is 58.8 Å². The number of nitrogens with one attached hydrogen (secondary N) is 1. The first-order valence-corrected chi connectivity index (χ1v) is 6.49. The third-order valence-corrected chi connectivity index (χ3v) is 3.24. The Labute approximate surface area is 89.7 Å². The minimum atomic E-state index is 0.796. The van der Waals surface area contributed by atoms with E-state index < -0.39 is 0 Å². The van der Waals surface area contributed by atoms with Crippen LogP contribution in [0.3, 0.4) is 0 Å². The Morgan fingerprint density at radius 3 is 2.50 bits per heavy atom. The normalized spacial score (nSPS) is 19.1. The van der Waals surface area contributed by atoms with Crippen molar-refractivity contribution in [2.24, 2.45) is 11.8 Å². The van der Waals surface area contributed by atoms with Gasteiger partial charge in [-0.1, -0.05) is 46.0 Å². The van der Waals surface area contributed by atoms with E-state index in [0.29, 0.717) is 0 Å². The van der Waals surface area contributed by atoms with Crippen molar-refractivity contribution in [2.75, 3.05) is 13.1 Å². The van der Waals surface area contributed by atoms with Gasteiger partial charge in [-0.2, -0.15) is 0 Å². The molecule has 1 nitrogen and oxygen atoms in total. The molecule has 1 rings (SSSR count). The fraction of sp³-hybridized carbons (Fsp3) is 1.00. The lowest BCUT2D eigenvalue weighted by Crippen LogP contribution is -2.21. The Kier molecular flexibility index (Phi) is 6.25. The highest BCUT2D eigenvalue weighted by Crippen LogP contribution is 2.26. The highest BCUT2D eigenvalue weighted by Gasteiger charge is 2.12. The molecule has 14 heavy (non-hydrogen) atoms. The fourth-order valence-electron chi connectivity index (χ4n) is 2.38. The molecule has 0 saturated heterocycles. The summed E-state index contributed by atoms with van der Waals surface area (Å²) in [7, 11) is 0. The highest BCUT2D eigenvalue weighted by atomic mass is 14.8. The smallest absolute Gasteiger partial charge is 0.00258 e. The molecule has 1 saturated carbocycles. The Morgan fingerprint density at radius 1 is 1.14 bits per heavy atom. The second-order valence-electron chi connectivity index (χ2n) is 5.24. The number of hydrogen-bond acceptors (Lipinski definition) is 1. The van der Waals surface area contributed by atoms with Crippen LogP contribution in [0.1, 0.15) is 58.8 Å². The predicted molar refractivity (Wildman–Crippen MR) is 63.5 cm³/mol. The molecule has 1 N–H and O–H groups in total. The topological polar surface area (TPSA) is 12.0 Å². The zero-order valence-corrected chi connectivity index (χ0v) is 10.0. The molecule has 0 atom stereocenters. The predicted octanol–water partition coefficient (Wildman–Crippen LogP) is 3.59. The lowest BCUT2D eigenvalue weighted by molar-refractivity contribution is 0.329. The van der Waals surface area contributed by atoms with Crippen molar-refractivity contribution in [1.29, 1.82) is 0 Å². The molecule has 0 unspecified atom stereocenters. The molecule has 0 aliphatic heterocycles. The van der Waals surface area contributed by atoms with E-state index in [4.69, 9.17) is 0 Å². The van der Waals surface area contributed by atoms with Gasteiger partial charge < -0.3 is 5.32 Å². The van der Waals surface area contributed by atoms with E-state index in [2.05, 4.69) is 19.2 Å². The summed E-state index contributed by atoms with van der Waals surface area (Å²) in [6.07, 6.45) is 10.3. The molecular formula is C13H27N. The van der Waals surface area contributed by atoms with Crippen molar-refractivity contribution in [3.8, 4) is 0 Å².